The molecule has 0 radical (unpaired) electrons. The van der Waals surface area contributed by atoms with Crippen LogP contribution in [-0.4, -0.2) is 29.8 Å². The fraction of sp³-hybridized carbons (Fsp3) is 0.583. The molecular weight excluding hydrogens is 202 g/mol. The van der Waals surface area contributed by atoms with Crippen molar-refractivity contribution in [1.29, 1.82) is 0 Å². The summed E-state index contributed by atoms with van der Waals surface area (Å²) in [5.74, 6) is 1.42. The zero-order valence-electron chi connectivity index (χ0n) is 9.69. The van der Waals surface area contributed by atoms with Crippen molar-refractivity contribution in [3.8, 4) is 0 Å². The van der Waals surface area contributed by atoms with Crippen molar-refractivity contribution in [2.75, 3.05) is 30.3 Å². The van der Waals surface area contributed by atoms with Crippen LogP contribution in [0, 0.1) is 12.8 Å². The molecule has 0 spiro atoms. The van der Waals surface area contributed by atoms with E-state index in [0.29, 0.717) is 12.5 Å². The molecule has 2 heterocycles. The molecule has 1 aliphatic rings. The lowest BCUT2D eigenvalue weighted by Gasteiger charge is -2.32. The van der Waals surface area contributed by atoms with Gasteiger partial charge in [0.15, 0.2) is 0 Å². The van der Waals surface area contributed by atoms with Crippen molar-refractivity contribution >= 4 is 11.5 Å². The highest BCUT2D eigenvalue weighted by molar-refractivity contribution is 5.54. The standard InChI is InChI=1S/C12H19N3O/c1-9-7-14-12(6-11(9)13)15-4-2-10(8-16)3-5-15/h6-7,10,16H,2-5,8H2,1H3,(H2,13,14). The summed E-state index contributed by atoms with van der Waals surface area (Å²) in [6, 6.07) is 1.94. The zero-order chi connectivity index (χ0) is 11.5. The number of nitrogens with two attached hydrogens (primary N) is 1. The molecule has 0 unspecified atom stereocenters. The van der Waals surface area contributed by atoms with E-state index in [1.165, 1.54) is 0 Å². The van der Waals surface area contributed by atoms with Crippen LogP contribution in [0.5, 0.6) is 0 Å². The first-order valence-corrected chi connectivity index (χ1v) is 5.78. The molecule has 88 valence electrons. The van der Waals surface area contributed by atoms with Crippen LogP contribution in [0.4, 0.5) is 11.5 Å². The normalized spacial score (nSPS) is 17.8. The number of pyridine rings is 1. The molecule has 0 saturated carbocycles. The third-order valence-electron chi connectivity index (χ3n) is 3.33. The lowest BCUT2D eigenvalue weighted by atomic mass is 9.98. The van der Waals surface area contributed by atoms with Crippen LogP contribution in [0.25, 0.3) is 0 Å². The number of aromatic nitrogens is 1. The fourth-order valence-corrected chi connectivity index (χ4v) is 2.05. The Labute approximate surface area is 96.1 Å². The van der Waals surface area contributed by atoms with Gasteiger partial charge in [-0.2, -0.15) is 0 Å². The van der Waals surface area contributed by atoms with Gasteiger partial charge in [-0.1, -0.05) is 0 Å². The van der Waals surface area contributed by atoms with Crippen LogP contribution in [-0.2, 0) is 0 Å². The molecule has 3 N–H and O–H groups in total. The molecule has 1 fully saturated rings. The Balaban J connectivity index is 2.05. The minimum Gasteiger partial charge on any atom is -0.398 e. The summed E-state index contributed by atoms with van der Waals surface area (Å²) in [4.78, 5) is 6.64. The summed E-state index contributed by atoms with van der Waals surface area (Å²) in [6.07, 6.45) is 3.89. The lowest BCUT2D eigenvalue weighted by molar-refractivity contribution is 0.203. The molecule has 0 atom stereocenters. The summed E-state index contributed by atoms with van der Waals surface area (Å²) in [7, 11) is 0. The number of aliphatic hydroxyl groups is 1. The molecule has 1 saturated heterocycles. The van der Waals surface area contributed by atoms with Crippen molar-refractivity contribution in [2.45, 2.75) is 19.8 Å². The number of rotatable bonds is 2. The molecule has 0 aliphatic carbocycles. The highest BCUT2D eigenvalue weighted by Crippen LogP contribution is 2.23. The van der Waals surface area contributed by atoms with Gasteiger partial charge in [0.25, 0.3) is 0 Å². The predicted molar refractivity (Wildman–Crippen MR) is 65.4 cm³/mol. The quantitative estimate of drug-likeness (QED) is 0.787. The molecule has 4 nitrogen and oxygen atoms in total. The predicted octanol–water partition coefficient (Wildman–Crippen LogP) is 1.18. The third-order valence-corrected chi connectivity index (χ3v) is 3.33. The maximum absolute atomic E-state index is 9.07. The Morgan fingerprint density at radius 3 is 2.75 bits per heavy atom. The van der Waals surface area contributed by atoms with E-state index in [2.05, 4.69) is 9.88 Å². The van der Waals surface area contributed by atoms with E-state index < -0.39 is 0 Å². The van der Waals surface area contributed by atoms with Crippen molar-refractivity contribution in [1.82, 2.24) is 4.98 Å². The van der Waals surface area contributed by atoms with Crippen LogP contribution in [0.2, 0.25) is 0 Å². The highest BCUT2D eigenvalue weighted by Gasteiger charge is 2.19. The van der Waals surface area contributed by atoms with Gasteiger partial charge in [-0.15, -0.1) is 0 Å². The monoisotopic (exact) mass is 221 g/mol. The Bertz CT molecular complexity index is 359. The second-order valence-corrected chi connectivity index (χ2v) is 4.51. The Morgan fingerprint density at radius 2 is 2.19 bits per heavy atom. The van der Waals surface area contributed by atoms with Gasteiger partial charge < -0.3 is 15.7 Å². The average molecular weight is 221 g/mol. The van der Waals surface area contributed by atoms with Crippen molar-refractivity contribution < 1.29 is 5.11 Å². The minimum absolute atomic E-state index is 0.303. The maximum Gasteiger partial charge on any atom is 0.130 e. The molecule has 1 aromatic heterocycles. The second kappa shape index (κ2) is 4.70. The van der Waals surface area contributed by atoms with Gasteiger partial charge in [-0.3, -0.25) is 0 Å². The summed E-state index contributed by atoms with van der Waals surface area (Å²) < 4.78 is 0. The first-order chi connectivity index (χ1) is 7.70. The van der Waals surface area contributed by atoms with Gasteiger partial charge in [0.05, 0.1) is 0 Å². The van der Waals surface area contributed by atoms with Crippen LogP contribution >= 0.6 is 0 Å². The number of aliphatic hydroxyl groups excluding tert-OH is 1. The molecule has 0 amide bonds. The number of aryl methyl sites for hydroxylation is 1. The van der Waals surface area contributed by atoms with Gasteiger partial charge >= 0.3 is 0 Å². The third kappa shape index (κ3) is 2.27. The molecule has 4 heteroatoms. The van der Waals surface area contributed by atoms with E-state index in [1.807, 2.05) is 19.2 Å². The van der Waals surface area contributed by atoms with Crippen molar-refractivity contribution in [3.63, 3.8) is 0 Å². The topological polar surface area (TPSA) is 62.4 Å². The van der Waals surface area contributed by atoms with Crippen LogP contribution in [0.1, 0.15) is 18.4 Å². The van der Waals surface area contributed by atoms with Gasteiger partial charge in [-0.05, 0) is 31.2 Å². The zero-order valence-corrected chi connectivity index (χ0v) is 9.69. The summed E-state index contributed by atoms with van der Waals surface area (Å²) in [6.45, 7) is 4.18. The summed E-state index contributed by atoms with van der Waals surface area (Å²) in [5, 5.41) is 9.07. The SMILES string of the molecule is Cc1cnc(N2CCC(CO)CC2)cc1N. The first kappa shape index (κ1) is 11.2. The van der Waals surface area contributed by atoms with Gasteiger partial charge in [-0.25, -0.2) is 4.98 Å². The lowest BCUT2D eigenvalue weighted by Crippen LogP contribution is -2.35. The Hall–Kier alpha value is -1.29. The largest absolute Gasteiger partial charge is 0.398 e. The molecule has 2 rings (SSSR count). The van der Waals surface area contributed by atoms with E-state index in [9.17, 15) is 0 Å². The number of nitrogen functional groups attached to an aromatic ring is 1. The van der Waals surface area contributed by atoms with E-state index in [1.54, 1.807) is 0 Å². The summed E-state index contributed by atoms with van der Waals surface area (Å²) in [5.41, 5.74) is 7.70. The molecule has 16 heavy (non-hydrogen) atoms. The van der Waals surface area contributed by atoms with E-state index >= 15 is 0 Å². The number of anilines is 2. The fourth-order valence-electron chi connectivity index (χ4n) is 2.05. The smallest absolute Gasteiger partial charge is 0.130 e. The summed E-state index contributed by atoms with van der Waals surface area (Å²) >= 11 is 0. The number of piperidine rings is 1. The molecular formula is C12H19N3O. The van der Waals surface area contributed by atoms with Crippen molar-refractivity contribution in [2.24, 2.45) is 5.92 Å². The Kier molecular flexibility index (Phi) is 3.29. The molecule has 1 aliphatic heterocycles. The van der Waals surface area contributed by atoms with Gasteiger partial charge in [0.2, 0.25) is 0 Å². The maximum atomic E-state index is 9.07. The van der Waals surface area contributed by atoms with Crippen LogP contribution in [0.15, 0.2) is 12.3 Å². The van der Waals surface area contributed by atoms with E-state index in [0.717, 1.165) is 43.0 Å². The average Bonchev–Trinajstić information content (AvgIpc) is 2.33. The Morgan fingerprint density at radius 1 is 1.50 bits per heavy atom. The first-order valence-electron chi connectivity index (χ1n) is 5.78. The van der Waals surface area contributed by atoms with Crippen LogP contribution in [0.3, 0.4) is 0 Å². The highest BCUT2D eigenvalue weighted by atomic mass is 16.3. The minimum atomic E-state index is 0.303. The van der Waals surface area contributed by atoms with Crippen LogP contribution < -0.4 is 10.6 Å². The molecule has 0 aromatic carbocycles. The second-order valence-electron chi connectivity index (χ2n) is 4.51. The van der Waals surface area contributed by atoms with Gasteiger partial charge in [0.1, 0.15) is 5.82 Å². The van der Waals surface area contributed by atoms with E-state index in [-0.39, 0.29) is 0 Å². The number of hydrogen-bond acceptors (Lipinski definition) is 4. The number of nitrogens with zero attached hydrogens (tertiary/aromatic N) is 2. The van der Waals surface area contributed by atoms with Gasteiger partial charge in [0, 0.05) is 37.6 Å². The molecule has 0 bridgehead atoms. The van der Waals surface area contributed by atoms with Crippen molar-refractivity contribution in [3.05, 3.63) is 17.8 Å². The number of hydrogen-bond donors (Lipinski definition) is 2. The molecule has 1 aromatic rings. The van der Waals surface area contributed by atoms with E-state index in [4.69, 9.17) is 10.8 Å².